The zero-order valence-corrected chi connectivity index (χ0v) is 11.4. The SMILES string of the molecule is Cc1ccc2ncccc2c1-c1ccc(F)c(C(N)=O)c1. The van der Waals surface area contributed by atoms with E-state index in [0.717, 1.165) is 27.6 Å². The number of carbonyl (C=O) groups is 1. The lowest BCUT2D eigenvalue weighted by Crippen LogP contribution is -2.13. The van der Waals surface area contributed by atoms with Gasteiger partial charge in [-0.05, 0) is 47.9 Å². The lowest BCUT2D eigenvalue weighted by atomic mass is 9.94. The third kappa shape index (κ3) is 2.25. The van der Waals surface area contributed by atoms with Gasteiger partial charge in [0.1, 0.15) is 5.82 Å². The van der Waals surface area contributed by atoms with Crippen molar-refractivity contribution in [3.63, 3.8) is 0 Å². The molecule has 4 heteroatoms. The summed E-state index contributed by atoms with van der Waals surface area (Å²) in [6, 6.07) is 12.1. The highest BCUT2D eigenvalue weighted by molar-refractivity contribution is 5.99. The lowest BCUT2D eigenvalue weighted by Gasteiger charge is -2.11. The molecule has 0 aliphatic rings. The van der Waals surface area contributed by atoms with E-state index in [-0.39, 0.29) is 5.56 Å². The zero-order chi connectivity index (χ0) is 15.0. The molecule has 2 N–H and O–H groups in total. The summed E-state index contributed by atoms with van der Waals surface area (Å²) < 4.78 is 13.6. The fourth-order valence-corrected chi connectivity index (χ4v) is 2.51. The standard InChI is InChI=1S/C17H13FN2O/c1-10-4-7-15-12(3-2-8-20-15)16(10)11-5-6-14(18)13(9-11)17(19)21/h2-9H,1H3,(H2,19,21). The van der Waals surface area contributed by atoms with Gasteiger partial charge in [-0.2, -0.15) is 0 Å². The molecule has 2 aromatic carbocycles. The Hall–Kier alpha value is -2.75. The van der Waals surface area contributed by atoms with Gasteiger partial charge in [-0.1, -0.05) is 18.2 Å². The summed E-state index contributed by atoms with van der Waals surface area (Å²) in [4.78, 5) is 15.6. The van der Waals surface area contributed by atoms with E-state index in [1.807, 2.05) is 31.2 Å². The molecule has 0 aliphatic heterocycles. The minimum Gasteiger partial charge on any atom is -0.366 e. The summed E-state index contributed by atoms with van der Waals surface area (Å²) in [5.41, 5.74) is 8.68. The maximum Gasteiger partial charge on any atom is 0.251 e. The first-order valence-corrected chi connectivity index (χ1v) is 6.52. The van der Waals surface area contributed by atoms with E-state index in [1.165, 1.54) is 12.1 Å². The Morgan fingerprint density at radius 2 is 2.00 bits per heavy atom. The highest BCUT2D eigenvalue weighted by atomic mass is 19.1. The summed E-state index contributed by atoms with van der Waals surface area (Å²) >= 11 is 0. The molecule has 1 aromatic heterocycles. The molecule has 0 atom stereocenters. The molecule has 1 amide bonds. The van der Waals surface area contributed by atoms with Crippen LogP contribution in [-0.4, -0.2) is 10.9 Å². The number of halogens is 1. The third-order valence-electron chi connectivity index (χ3n) is 3.51. The smallest absolute Gasteiger partial charge is 0.251 e. The van der Waals surface area contributed by atoms with Crippen molar-refractivity contribution in [2.45, 2.75) is 6.92 Å². The average Bonchev–Trinajstić information content (AvgIpc) is 2.48. The van der Waals surface area contributed by atoms with Gasteiger partial charge < -0.3 is 5.73 Å². The molecule has 0 saturated carbocycles. The highest BCUT2D eigenvalue weighted by Gasteiger charge is 2.13. The van der Waals surface area contributed by atoms with E-state index in [0.29, 0.717) is 0 Å². The minimum absolute atomic E-state index is 0.104. The monoisotopic (exact) mass is 280 g/mol. The normalized spacial score (nSPS) is 10.8. The van der Waals surface area contributed by atoms with Gasteiger partial charge in [0.25, 0.3) is 5.91 Å². The Morgan fingerprint density at radius 3 is 2.76 bits per heavy atom. The number of aromatic nitrogens is 1. The molecule has 3 rings (SSSR count). The van der Waals surface area contributed by atoms with Crippen LogP contribution in [0.15, 0.2) is 48.7 Å². The van der Waals surface area contributed by atoms with Crippen LogP contribution < -0.4 is 5.73 Å². The maximum atomic E-state index is 13.6. The number of aryl methyl sites for hydroxylation is 1. The second-order valence-corrected chi connectivity index (χ2v) is 4.89. The quantitative estimate of drug-likeness (QED) is 0.781. The number of hydrogen-bond acceptors (Lipinski definition) is 2. The van der Waals surface area contributed by atoms with Gasteiger partial charge >= 0.3 is 0 Å². The number of primary amides is 1. The number of nitrogens with two attached hydrogens (primary N) is 1. The van der Waals surface area contributed by atoms with Crippen molar-refractivity contribution in [3.8, 4) is 11.1 Å². The largest absolute Gasteiger partial charge is 0.366 e. The number of fused-ring (bicyclic) bond motifs is 1. The van der Waals surface area contributed by atoms with Crippen molar-refractivity contribution in [2.24, 2.45) is 5.73 Å². The first-order valence-electron chi connectivity index (χ1n) is 6.52. The van der Waals surface area contributed by atoms with Gasteiger partial charge in [0, 0.05) is 11.6 Å². The number of amides is 1. The number of hydrogen-bond donors (Lipinski definition) is 1. The molecule has 0 radical (unpaired) electrons. The summed E-state index contributed by atoms with van der Waals surface area (Å²) in [5, 5.41) is 0.958. The third-order valence-corrected chi connectivity index (χ3v) is 3.51. The van der Waals surface area contributed by atoms with Crippen molar-refractivity contribution in [1.29, 1.82) is 0 Å². The maximum absolute atomic E-state index is 13.6. The van der Waals surface area contributed by atoms with E-state index < -0.39 is 11.7 Å². The number of rotatable bonds is 2. The molecular weight excluding hydrogens is 267 g/mol. The van der Waals surface area contributed by atoms with Crippen molar-refractivity contribution in [1.82, 2.24) is 4.98 Å². The Labute approximate surface area is 121 Å². The van der Waals surface area contributed by atoms with Crippen LogP contribution in [-0.2, 0) is 0 Å². The molecule has 0 aliphatic carbocycles. The van der Waals surface area contributed by atoms with Crippen molar-refractivity contribution < 1.29 is 9.18 Å². The van der Waals surface area contributed by atoms with Gasteiger partial charge in [0.2, 0.25) is 0 Å². The lowest BCUT2D eigenvalue weighted by molar-refractivity contribution is 0.0996. The Kier molecular flexibility index (Phi) is 3.14. The van der Waals surface area contributed by atoms with Crippen LogP contribution in [0, 0.1) is 12.7 Å². The molecule has 3 nitrogen and oxygen atoms in total. The van der Waals surface area contributed by atoms with Gasteiger partial charge in [0.05, 0.1) is 11.1 Å². The van der Waals surface area contributed by atoms with Crippen LogP contribution in [0.5, 0.6) is 0 Å². The first-order chi connectivity index (χ1) is 10.1. The molecule has 104 valence electrons. The summed E-state index contributed by atoms with van der Waals surface area (Å²) in [6.45, 7) is 1.97. The van der Waals surface area contributed by atoms with Crippen molar-refractivity contribution in [2.75, 3.05) is 0 Å². The zero-order valence-electron chi connectivity index (χ0n) is 11.4. The highest BCUT2D eigenvalue weighted by Crippen LogP contribution is 2.32. The summed E-state index contributed by atoms with van der Waals surface area (Å²) in [6.07, 6.45) is 1.72. The van der Waals surface area contributed by atoms with Gasteiger partial charge in [-0.3, -0.25) is 9.78 Å². The van der Waals surface area contributed by atoms with Gasteiger partial charge in [-0.15, -0.1) is 0 Å². The topological polar surface area (TPSA) is 56.0 Å². The van der Waals surface area contributed by atoms with Crippen molar-refractivity contribution in [3.05, 3.63) is 65.6 Å². The second-order valence-electron chi connectivity index (χ2n) is 4.89. The molecule has 0 saturated heterocycles. The number of nitrogens with zero attached hydrogens (tertiary/aromatic N) is 1. The van der Waals surface area contributed by atoms with E-state index in [4.69, 9.17) is 5.73 Å². The predicted octanol–water partition coefficient (Wildman–Crippen LogP) is 3.45. The van der Waals surface area contributed by atoms with Crippen LogP contribution in [0.4, 0.5) is 4.39 Å². The molecule has 21 heavy (non-hydrogen) atoms. The van der Waals surface area contributed by atoms with E-state index in [9.17, 15) is 9.18 Å². The number of pyridine rings is 1. The molecule has 0 fully saturated rings. The summed E-state index contributed by atoms with van der Waals surface area (Å²) in [5.74, 6) is -1.38. The fourth-order valence-electron chi connectivity index (χ4n) is 2.51. The van der Waals surface area contributed by atoms with Crippen LogP contribution in [0.2, 0.25) is 0 Å². The Balaban J connectivity index is 2.33. The van der Waals surface area contributed by atoms with Crippen molar-refractivity contribution >= 4 is 16.8 Å². The Morgan fingerprint density at radius 1 is 1.19 bits per heavy atom. The summed E-state index contributed by atoms with van der Waals surface area (Å²) in [7, 11) is 0. The number of carbonyl (C=O) groups excluding carboxylic acids is 1. The van der Waals surface area contributed by atoms with Crippen LogP contribution in [0.3, 0.4) is 0 Å². The van der Waals surface area contributed by atoms with E-state index in [2.05, 4.69) is 4.98 Å². The van der Waals surface area contributed by atoms with Crippen LogP contribution in [0.25, 0.3) is 22.0 Å². The molecule has 1 heterocycles. The van der Waals surface area contributed by atoms with E-state index in [1.54, 1.807) is 12.3 Å². The van der Waals surface area contributed by atoms with Gasteiger partial charge in [-0.25, -0.2) is 4.39 Å². The first kappa shape index (κ1) is 13.2. The van der Waals surface area contributed by atoms with Crippen LogP contribution in [0.1, 0.15) is 15.9 Å². The minimum atomic E-state index is -0.773. The molecule has 3 aromatic rings. The predicted molar refractivity (Wildman–Crippen MR) is 80.4 cm³/mol. The molecule has 0 unspecified atom stereocenters. The van der Waals surface area contributed by atoms with E-state index >= 15 is 0 Å². The molecular formula is C17H13FN2O. The molecule has 0 spiro atoms. The van der Waals surface area contributed by atoms with Crippen LogP contribution >= 0.6 is 0 Å². The fraction of sp³-hybridized carbons (Fsp3) is 0.0588. The number of benzene rings is 2. The molecule has 0 bridgehead atoms. The second kappa shape index (κ2) is 4.98. The average molecular weight is 280 g/mol. The van der Waals surface area contributed by atoms with Gasteiger partial charge in [0.15, 0.2) is 0 Å². The Bertz CT molecular complexity index is 859.